The molecule has 1 amide bonds. The molecule has 1 aromatic carbocycles. The van der Waals surface area contributed by atoms with Gasteiger partial charge in [0, 0.05) is 30.3 Å². The highest BCUT2D eigenvalue weighted by Crippen LogP contribution is 2.29. The Hall–Kier alpha value is -2.15. The summed E-state index contributed by atoms with van der Waals surface area (Å²) in [7, 11) is 1.37. The number of fused-ring (bicyclic) bond motifs is 1. The molecule has 2 saturated heterocycles. The van der Waals surface area contributed by atoms with Gasteiger partial charge in [-0.25, -0.2) is 0 Å². The predicted molar refractivity (Wildman–Crippen MR) is 84.7 cm³/mol. The maximum Gasteiger partial charge on any atom is 0.311 e. The fourth-order valence-electron chi connectivity index (χ4n) is 3.64. The second kappa shape index (κ2) is 6.54. The van der Waals surface area contributed by atoms with E-state index in [1.165, 1.54) is 32.1 Å². The number of nitro groups is 1. The standard InChI is InChI=1S/C16H21N3O4/c1-23-15-6-5-11(10-14(15)19(21)22)16(20)17-12-7-9-18-8-3-2-4-13(12)18/h5-6,10,12-13H,2-4,7-9H2,1H3,(H,17,20)/t12-,13-/m0/s1. The smallest absolute Gasteiger partial charge is 0.311 e. The molecule has 7 heteroatoms. The minimum atomic E-state index is -0.534. The van der Waals surface area contributed by atoms with Crippen LogP contribution in [0.15, 0.2) is 18.2 Å². The Morgan fingerprint density at radius 3 is 2.91 bits per heavy atom. The van der Waals surface area contributed by atoms with Crippen LogP contribution in [0.3, 0.4) is 0 Å². The molecule has 2 heterocycles. The molecule has 0 radical (unpaired) electrons. The number of carbonyl (C=O) groups excluding carboxylic acids is 1. The number of amides is 1. The van der Waals surface area contributed by atoms with Crippen LogP contribution in [0, 0.1) is 10.1 Å². The molecule has 3 rings (SSSR count). The van der Waals surface area contributed by atoms with Gasteiger partial charge in [0.25, 0.3) is 5.91 Å². The summed E-state index contributed by atoms with van der Waals surface area (Å²) in [5.41, 5.74) is 0.109. The van der Waals surface area contributed by atoms with Crippen LogP contribution in [0.5, 0.6) is 5.75 Å². The van der Waals surface area contributed by atoms with Crippen molar-refractivity contribution in [2.75, 3.05) is 20.2 Å². The maximum atomic E-state index is 12.5. The molecular formula is C16H21N3O4. The first-order valence-corrected chi connectivity index (χ1v) is 7.97. The third kappa shape index (κ3) is 3.14. The number of methoxy groups -OCH3 is 1. The maximum absolute atomic E-state index is 12.5. The van der Waals surface area contributed by atoms with Crippen LogP contribution in [-0.4, -0.2) is 48.0 Å². The summed E-state index contributed by atoms with van der Waals surface area (Å²) in [6, 6.07) is 4.84. The minimum Gasteiger partial charge on any atom is -0.490 e. The van der Waals surface area contributed by atoms with Crippen molar-refractivity contribution in [2.24, 2.45) is 0 Å². The summed E-state index contributed by atoms with van der Waals surface area (Å²) in [6.45, 7) is 2.11. The van der Waals surface area contributed by atoms with Crippen molar-refractivity contribution in [3.63, 3.8) is 0 Å². The predicted octanol–water partition coefficient (Wildman–Crippen LogP) is 1.96. The lowest BCUT2D eigenvalue weighted by Crippen LogP contribution is -2.46. The molecule has 2 atom stereocenters. The van der Waals surface area contributed by atoms with Crippen LogP contribution in [0.2, 0.25) is 0 Å². The normalized spacial score (nSPS) is 24.0. The third-order valence-electron chi connectivity index (χ3n) is 4.81. The molecule has 124 valence electrons. The van der Waals surface area contributed by atoms with E-state index in [2.05, 4.69) is 10.2 Å². The number of hydrogen-bond acceptors (Lipinski definition) is 5. The highest BCUT2D eigenvalue weighted by atomic mass is 16.6. The highest BCUT2D eigenvalue weighted by Gasteiger charge is 2.36. The van der Waals surface area contributed by atoms with Gasteiger partial charge in [-0.1, -0.05) is 6.42 Å². The third-order valence-corrected chi connectivity index (χ3v) is 4.81. The Morgan fingerprint density at radius 1 is 1.35 bits per heavy atom. The Bertz CT molecular complexity index is 619. The van der Waals surface area contributed by atoms with Crippen molar-refractivity contribution in [1.82, 2.24) is 10.2 Å². The van der Waals surface area contributed by atoms with Crippen molar-refractivity contribution in [1.29, 1.82) is 0 Å². The molecule has 0 bridgehead atoms. The molecule has 23 heavy (non-hydrogen) atoms. The lowest BCUT2D eigenvalue weighted by Gasteiger charge is -2.32. The second-order valence-corrected chi connectivity index (χ2v) is 6.11. The second-order valence-electron chi connectivity index (χ2n) is 6.11. The Labute approximate surface area is 134 Å². The van der Waals surface area contributed by atoms with Gasteiger partial charge in [-0.15, -0.1) is 0 Å². The molecule has 1 aromatic rings. The van der Waals surface area contributed by atoms with Gasteiger partial charge in [0.2, 0.25) is 0 Å². The summed E-state index contributed by atoms with van der Waals surface area (Å²) >= 11 is 0. The van der Waals surface area contributed by atoms with E-state index >= 15 is 0 Å². The summed E-state index contributed by atoms with van der Waals surface area (Å²) in [6.07, 6.45) is 4.46. The number of hydrogen-bond donors (Lipinski definition) is 1. The number of carbonyl (C=O) groups is 1. The molecule has 2 aliphatic rings. The van der Waals surface area contributed by atoms with Gasteiger partial charge < -0.3 is 10.1 Å². The van der Waals surface area contributed by atoms with E-state index in [9.17, 15) is 14.9 Å². The van der Waals surface area contributed by atoms with Crippen molar-refractivity contribution >= 4 is 11.6 Å². The fraction of sp³-hybridized carbons (Fsp3) is 0.562. The summed E-state index contributed by atoms with van der Waals surface area (Å²) in [5, 5.41) is 14.1. The molecule has 0 spiro atoms. The lowest BCUT2D eigenvalue weighted by atomic mass is 9.98. The average molecular weight is 319 g/mol. The molecule has 7 nitrogen and oxygen atoms in total. The quantitative estimate of drug-likeness (QED) is 0.677. The van der Waals surface area contributed by atoms with E-state index in [4.69, 9.17) is 4.74 Å². The molecule has 0 aromatic heterocycles. The number of rotatable bonds is 4. The first-order valence-electron chi connectivity index (χ1n) is 7.97. The van der Waals surface area contributed by atoms with Crippen LogP contribution in [0.1, 0.15) is 36.0 Å². The van der Waals surface area contributed by atoms with Gasteiger partial charge in [-0.2, -0.15) is 0 Å². The summed E-state index contributed by atoms with van der Waals surface area (Å²) < 4.78 is 4.97. The highest BCUT2D eigenvalue weighted by molar-refractivity contribution is 5.95. The number of benzene rings is 1. The van der Waals surface area contributed by atoms with Gasteiger partial charge in [0.15, 0.2) is 5.75 Å². The van der Waals surface area contributed by atoms with Crippen molar-refractivity contribution in [3.05, 3.63) is 33.9 Å². The monoisotopic (exact) mass is 319 g/mol. The van der Waals surface area contributed by atoms with Crippen molar-refractivity contribution in [2.45, 2.75) is 37.8 Å². The molecule has 2 aliphatic heterocycles. The summed E-state index contributed by atoms with van der Waals surface area (Å²) in [4.78, 5) is 25.4. The molecule has 1 N–H and O–H groups in total. The lowest BCUT2D eigenvalue weighted by molar-refractivity contribution is -0.385. The average Bonchev–Trinajstić information content (AvgIpc) is 2.97. The zero-order valence-electron chi connectivity index (χ0n) is 13.2. The van der Waals surface area contributed by atoms with Gasteiger partial charge in [0.05, 0.1) is 12.0 Å². The molecule has 0 saturated carbocycles. The SMILES string of the molecule is COc1ccc(C(=O)N[C@H]2CCN3CCCC[C@@H]23)cc1[N+](=O)[O-]. The number of ether oxygens (including phenoxy) is 1. The Balaban J connectivity index is 1.73. The molecule has 0 unspecified atom stereocenters. The fourth-order valence-corrected chi connectivity index (χ4v) is 3.64. The van der Waals surface area contributed by atoms with E-state index in [1.807, 2.05) is 0 Å². The van der Waals surface area contributed by atoms with Crippen LogP contribution in [0.4, 0.5) is 5.69 Å². The van der Waals surface area contributed by atoms with E-state index in [-0.39, 0.29) is 23.4 Å². The van der Waals surface area contributed by atoms with Crippen LogP contribution in [-0.2, 0) is 0 Å². The zero-order valence-corrected chi connectivity index (χ0v) is 13.2. The zero-order chi connectivity index (χ0) is 16.4. The van der Waals surface area contributed by atoms with E-state index in [0.29, 0.717) is 11.6 Å². The van der Waals surface area contributed by atoms with Crippen LogP contribution < -0.4 is 10.1 Å². The van der Waals surface area contributed by atoms with E-state index in [0.717, 1.165) is 25.9 Å². The van der Waals surface area contributed by atoms with Crippen molar-refractivity contribution < 1.29 is 14.5 Å². The van der Waals surface area contributed by atoms with Gasteiger partial charge in [-0.3, -0.25) is 19.8 Å². The van der Waals surface area contributed by atoms with E-state index < -0.39 is 4.92 Å². The van der Waals surface area contributed by atoms with Gasteiger partial charge in [0.1, 0.15) is 0 Å². The molecule has 0 aliphatic carbocycles. The number of nitrogens with one attached hydrogen (secondary N) is 1. The van der Waals surface area contributed by atoms with Gasteiger partial charge >= 0.3 is 5.69 Å². The van der Waals surface area contributed by atoms with Crippen LogP contribution >= 0.6 is 0 Å². The number of nitrogens with zero attached hydrogens (tertiary/aromatic N) is 2. The summed E-state index contributed by atoms with van der Waals surface area (Å²) in [5.74, 6) is -0.0981. The Kier molecular flexibility index (Phi) is 4.47. The van der Waals surface area contributed by atoms with E-state index in [1.54, 1.807) is 6.07 Å². The van der Waals surface area contributed by atoms with Crippen molar-refractivity contribution in [3.8, 4) is 5.75 Å². The van der Waals surface area contributed by atoms with Crippen LogP contribution in [0.25, 0.3) is 0 Å². The largest absolute Gasteiger partial charge is 0.490 e. The first-order chi connectivity index (χ1) is 11.1. The molecule has 2 fully saturated rings. The first kappa shape index (κ1) is 15.7. The van der Waals surface area contributed by atoms with Gasteiger partial charge in [-0.05, 0) is 37.9 Å². The minimum absolute atomic E-state index is 0.129. The number of nitro benzene ring substituents is 1. The molecular weight excluding hydrogens is 298 g/mol. The topological polar surface area (TPSA) is 84.7 Å². The Morgan fingerprint density at radius 2 is 2.17 bits per heavy atom. The number of piperidine rings is 1.